The van der Waals surface area contributed by atoms with Crippen molar-refractivity contribution >= 4 is 33.7 Å². The number of ether oxygens (including phenoxy) is 1. The fourth-order valence-electron chi connectivity index (χ4n) is 3.09. The Labute approximate surface area is 167 Å². The number of nitrogens with one attached hydrogen (secondary N) is 1. The van der Waals surface area contributed by atoms with Gasteiger partial charge in [0.1, 0.15) is 11.2 Å². The Bertz CT molecular complexity index is 1260. The summed E-state index contributed by atoms with van der Waals surface area (Å²) in [5.74, 6) is -1.54. The molecule has 0 bridgehead atoms. The van der Waals surface area contributed by atoms with Crippen LogP contribution in [0.3, 0.4) is 0 Å². The molecule has 0 spiro atoms. The van der Waals surface area contributed by atoms with Gasteiger partial charge in [-0.3, -0.25) is 9.78 Å². The van der Waals surface area contributed by atoms with Gasteiger partial charge >= 0.3 is 6.36 Å². The van der Waals surface area contributed by atoms with Crippen LogP contribution in [0.15, 0.2) is 54.7 Å². The zero-order valence-electron chi connectivity index (χ0n) is 15.3. The fraction of sp³-hybridized carbons (Fsp3) is 0.100. The van der Waals surface area contributed by atoms with Crippen LogP contribution in [0, 0.1) is 0 Å². The lowest BCUT2D eigenvalue weighted by atomic mass is 10.1. The normalized spacial score (nSPS) is 11.6. The van der Waals surface area contributed by atoms with Crippen LogP contribution in [0.25, 0.3) is 21.8 Å². The van der Waals surface area contributed by atoms with Gasteiger partial charge in [-0.1, -0.05) is 36.4 Å². The van der Waals surface area contributed by atoms with Gasteiger partial charge in [0.25, 0.3) is 5.91 Å². The lowest BCUT2D eigenvalue weighted by Gasteiger charge is -2.13. The molecule has 30 heavy (non-hydrogen) atoms. The zero-order chi connectivity index (χ0) is 21.3. The molecule has 3 N–H and O–H groups in total. The van der Waals surface area contributed by atoms with E-state index in [1.807, 2.05) is 24.3 Å². The summed E-state index contributed by atoms with van der Waals surface area (Å²) in [6.45, 7) is 0.136. The van der Waals surface area contributed by atoms with Gasteiger partial charge in [0.05, 0.1) is 5.52 Å². The fourth-order valence-corrected chi connectivity index (χ4v) is 3.09. The Hall–Kier alpha value is -3.95. The number of benzene rings is 2. The molecule has 0 saturated heterocycles. The molecular formula is C20H14F3N5O2. The highest BCUT2D eigenvalue weighted by Gasteiger charge is 2.32. The zero-order valence-corrected chi connectivity index (χ0v) is 15.3. The number of nitrogens with zero attached hydrogens (tertiary/aromatic N) is 3. The van der Waals surface area contributed by atoms with E-state index in [-0.39, 0.29) is 29.1 Å². The van der Waals surface area contributed by atoms with E-state index in [9.17, 15) is 18.0 Å². The maximum atomic E-state index is 12.8. The third-order valence-corrected chi connectivity index (χ3v) is 4.30. The highest BCUT2D eigenvalue weighted by molar-refractivity contribution is 6.06. The summed E-state index contributed by atoms with van der Waals surface area (Å²) >= 11 is 0. The van der Waals surface area contributed by atoms with Crippen molar-refractivity contribution in [3.63, 3.8) is 0 Å². The number of anilines is 1. The molecule has 2 heterocycles. The minimum Gasteiger partial charge on any atom is -0.403 e. The van der Waals surface area contributed by atoms with E-state index in [4.69, 9.17) is 5.73 Å². The van der Waals surface area contributed by atoms with Gasteiger partial charge in [0.15, 0.2) is 5.75 Å². The molecule has 7 nitrogen and oxygen atoms in total. The molecule has 0 unspecified atom stereocenters. The van der Waals surface area contributed by atoms with Gasteiger partial charge in [-0.2, -0.15) is 0 Å². The smallest absolute Gasteiger partial charge is 0.403 e. The van der Waals surface area contributed by atoms with E-state index in [0.29, 0.717) is 0 Å². The molecular weight excluding hydrogens is 399 g/mol. The van der Waals surface area contributed by atoms with Crippen LogP contribution in [0.2, 0.25) is 0 Å². The monoisotopic (exact) mass is 413 g/mol. The van der Waals surface area contributed by atoms with Crippen LogP contribution in [-0.4, -0.2) is 27.2 Å². The van der Waals surface area contributed by atoms with Crippen molar-refractivity contribution in [3.8, 4) is 5.75 Å². The molecule has 0 aliphatic heterocycles. The van der Waals surface area contributed by atoms with Crippen molar-refractivity contribution in [1.82, 2.24) is 20.3 Å². The number of pyridine rings is 1. The molecule has 2 aromatic heterocycles. The number of carbonyl (C=O) groups excluding carboxylic acids is 1. The van der Waals surface area contributed by atoms with Gasteiger partial charge in [0, 0.05) is 23.5 Å². The summed E-state index contributed by atoms with van der Waals surface area (Å²) in [4.78, 5) is 24.8. The van der Waals surface area contributed by atoms with Crippen molar-refractivity contribution in [1.29, 1.82) is 0 Å². The molecule has 0 saturated carbocycles. The average Bonchev–Trinajstić information content (AvgIpc) is 2.71. The minimum atomic E-state index is -4.92. The number of carbonyl (C=O) groups is 1. The first-order chi connectivity index (χ1) is 14.3. The van der Waals surface area contributed by atoms with Crippen molar-refractivity contribution in [2.75, 3.05) is 5.73 Å². The second kappa shape index (κ2) is 7.47. The number of para-hydroxylation sites is 2. The Morgan fingerprint density at radius 3 is 2.60 bits per heavy atom. The average molecular weight is 413 g/mol. The quantitative estimate of drug-likeness (QED) is 0.530. The number of aromatic nitrogens is 3. The number of halogens is 3. The third-order valence-electron chi connectivity index (χ3n) is 4.30. The molecule has 0 fully saturated rings. The SMILES string of the molecule is Nc1nc(C(=O)NCc2cccc3cccnc23)c2cccc(OC(F)(F)F)c2n1. The summed E-state index contributed by atoms with van der Waals surface area (Å²) in [6.07, 6.45) is -3.27. The van der Waals surface area contributed by atoms with Crippen LogP contribution in [0.1, 0.15) is 16.1 Å². The van der Waals surface area contributed by atoms with Crippen LogP contribution >= 0.6 is 0 Å². The van der Waals surface area contributed by atoms with Crippen LogP contribution in [0.4, 0.5) is 19.1 Å². The number of alkyl halides is 3. The number of hydrogen-bond donors (Lipinski definition) is 2. The summed E-state index contributed by atoms with van der Waals surface area (Å²) in [5.41, 5.74) is 6.77. The summed E-state index contributed by atoms with van der Waals surface area (Å²) in [6, 6.07) is 13.1. The van der Waals surface area contributed by atoms with Gasteiger partial charge in [-0.15, -0.1) is 13.2 Å². The van der Waals surface area contributed by atoms with Gasteiger partial charge in [-0.05, 0) is 17.7 Å². The van der Waals surface area contributed by atoms with Gasteiger partial charge in [0.2, 0.25) is 5.95 Å². The maximum absolute atomic E-state index is 12.8. The lowest BCUT2D eigenvalue weighted by molar-refractivity contribution is -0.274. The van der Waals surface area contributed by atoms with Crippen LogP contribution in [-0.2, 0) is 6.54 Å². The summed E-state index contributed by atoms with van der Waals surface area (Å²) in [7, 11) is 0. The number of nitrogen functional groups attached to an aromatic ring is 1. The number of nitrogens with two attached hydrogens (primary N) is 1. The lowest BCUT2D eigenvalue weighted by Crippen LogP contribution is -2.25. The standard InChI is InChI=1S/C20H14F3N5O2/c21-20(22,23)30-14-8-2-7-13-16(14)27-19(24)28-17(13)18(29)26-10-12-5-1-4-11-6-3-9-25-15(11)12/h1-9H,10H2,(H,26,29)(H2,24,27,28). The van der Waals surface area contributed by atoms with Crippen molar-refractivity contribution in [3.05, 3.63) is 66.0 Å². The van der Waals surface area contributed by atoms with E-state index in [2.05, 4.69) is 25.0 Å². The Morgan fingerprint density at radius 2 is 1.80 bits per heavy atom. The number of hydrogen-bond acceptors (Lipinski definition) is 6. The Kier molecular flexibility index (Phi) is 4.82. The molecule has 4 aromatic rings. The van der Waals surface area contributed by atoms with Gasteiger partial charge in [-0.25, -0.2) is 9.97 Å². The largest absolute Gasteiger partial charge is 0.573 e. The second-order valence-corrected chi connectivity index (χ2v) is 6.31. The van der Waals surface area contributed by atoms with Crippen LogP contribution in [0.5, 0.6) is 5.75 Å². The Morgan fingerprint density at radius 1 is 1.03 bits per heavy atom. The van der Waals surface area contributed by atoms with Crippen molar-refractivity contribution < 1.29 is 22.7 Å². The highest BCUT2D eigenvalue weighted by Crippen LogP contribution is 2.31. The third kappa shape index (κ3) is 3.93. The minimum absolute atomic E-state index is 0.0829. The first-order valence-electron chi connectivity index (χ1n) is 8.74. The summed E-state index contributed by atoms with van der Waals surface area (Å²) < 4.78 is 42.0. The number of fused-ring (bicyclic) bond motifs is 2. The first-order valence-corrected chi connectivity index (χ1v) is 8.74. The maximum Gasteiger partial charge on any atom is 0.573 e. The predicted octanol–water partition coefficient (Wildman–Crippen LogP) is 3.59. The molecule has 2 aromatic carbocycles. The topological polar surface area (TPSA) is 103 Å². The molecule has 0 aliphatic rings. The van der Waals surface area contributed by atoms with Crippen LogP contribution < -0.4 is 15.8 Å². The molecule has 0 radical (unpaired) electrons. The first kappa shape index (κ1) is 19.4. The van der Waals surface area contributed by atoms with E-state index >= 15 is 0 Å². The van der Waals surface area contributed by atoms with E-state index in [0.717, 1.165) is 22.5 Å². The van der Waals surface area contributed by atoms with E-state index in [1.54, 1.807) is 12.3 Å². The number of rotatable bonds is 4. The predicted molar refractivity (Wildman–Crippen MR) is 104 cm³/mol. The molecule has 10 heteroatoms. The highest BCUT2D eigenvalue weighted by atomic mass is 19.4. The molecule has 0 atom stereocenters. The molecule has 152 valence electrons. The molecule has 1 amide bonds. The Balaban J connectivity index is 1.67. The summed E-state index contributed by atoms with van der Waals surface area (Å²) in [5, 5.41) is 3.70. The van der Waals surface area contributed by atoms with Crippen molar-refractivity contribution in [2.45, 2.75) is 12.9 Å². The molecule has 0 aliphatic carbocycles. The number of amides is 1. The second-order valence-electron chi connectivity index (χ2n) is 6.31. The van der Waals surface area contributed by atoms with Gasteiger partial charge < -0.3 is 15.8 Å². The van der Waals surface area contributed by atoms with E-state index in [1.165, 1.54) is 12.1 Å². The molecule has 4 rings (SSSR count). The van der Waals surface area contributed by atoms with E-state index < -0.39 is 18.0 Å². The van der Waals surface area contributed by atoms with Crippen molar-refractivity contribution in [2.24, 2.45) is 0 Å².